The molecule has 1 aromatic heterocycles. The number of anilines is 1. The summed E-state index contributed by atoms with van der Waals surface area (Å²) in [7, 11) is 0.549. The molecule has 0 saturated carbocycles. The van der Waals surface area contributed by atoms with Gasteiger partial charge >= 0.3 is 0 Å². The van der Waals surface area contributed by atoms with Crippen molar-refractivity contribution in [1.82, 2.24) is 14.9 Å². The molecule has 9 nitrogen and oxygen atoms in total. The maximum atomic E-state index is 13.0. The van der Waals surface area contributed by atoms with Gasteiger partial charge in [0.1, 0.15) is 0 Å². The summed E-state index contributed by atoms with van der Waals surface area (Å²) >= 11 is 0. The quantitative estimate of drug-likeness (QED) is 0.469. The summed E-state index contributed by atoms with van der Waals surface area (Å²) in [5, 5.41) is 2.86. The first-order valence-corrected chi connectivity index (χ1v) is 11.4. The number of imidazole rings is 1. The van der Waals surface area contributed by atoms with E-state index in [-0.39, 0.29) is 10.8 Å². The van der Waals surface area contributed by atoms with Crippen molar-refractivity contribution in [3.63, 3.8) is 0 Å². The van der Waals surface area contributed by atoms with Crippen molar-refractivity contribution in [1.29, 1.82) is 0 Å². The molecule has 10 heteroatoms. The Balaban J connectivity index is 1.64. The molecule has 2 aromatic carbocycles. The fourth-order valence-corrected chi connectivity index (χ4v) is 4.29. The summed E-state index contributed by atoms with van der Waals surface area (Å²) in [6.07, 6.45) is 6.08. The number of amides is 1. The van der Waals surface area contributed by atoms with Crippen LogP contribution in [0.2, 0.25) is 0 Å². The van der Waals surface area contributed by atoms with Crippen LogP contribution in [0.15, 0.2) is 66.1 Å². The third kappa shape index (κ3) is 5.20. The zero-order valence-corrected chi connectivity index (χ0v) is 19.0. The van der Waals surface area contributed by atoms with Gasteiger partial charge in [-0.1, -0.05) is 0 Å². The molecule has 0 atom stereocenters. The number of rotatable bonds is 10. The molecule has 32 heavy (non-hydrogen) atoms. The molecule has 1 N–H and O–H groups in total. The predicted molar refractivity (Wildman–Crippen MR) is 121 cm³/mol. The number of hydrogen-bond donors (Lipinski definition) is 1. The lowest BCUT2D eigenvalue weighted by Crippen LogP contribution is -2.27. The third-order valence-corrected chi connectivity index (χ3v) is 6.73. The van der Waals surface area contributed by atoms with Crippen molar-refractivity contribution in [2.75, 3.05) is 32.1 Å². The number of methoxy groups -OCH3 is 2. The maximum Gasteiger partial charge on any atom is 0.264 e. The molecule has 3 aromatic rings. The van der Waals surface area contributed by atoms with Crippen LogP contribution in [-0.4, -0.2) is 51.7 Å². The highest BCUT2D eigenvalue weighted by Crippen LogP contribution is 2.31. The van der Waals surface area contributed by atoms with Gasteiger partial charge in [0, 0.05) is 44.2 Å². The van der Waals surface area contributed by atoms with E-state index in [4.69, 9.17) is 9.47 Å². The minimum Gasteiger partial charge on any atom is -0.493 e. The Morgan fingerprint density at radius 3 is 2.44 bits per heavy atom. The third-order valence-electron chi connectivity index (χ3n) is 4.94. The summed E-state index contributed by atoms with van der Waals surface area (Å²) in [5.74, 6) is 0.545. The Morgan fingerprint density at radius 1 is 1.09 bits per heavy atom. The smallest absolute Gasteiger partial charge is 0.264 e. The van der Waals surface area contributed by atoms with Crippen LogP contribution in [0.5, 0.6) is 11.5 Å². The van der Waals surface area contributed by atoms with Crippen LogP contribution in [0, 0.1) is 0 Å². The Morgan fingerprint density at radius 2 is 1.81 bits per heavy atom. The highest BCUT2D eigenvalue weighted by atomic mass is 32.2. The summed E-state index contributed by atoms with van der Waals surface area (Å²) in [6, 6.07) is 10.8. The van der Waals surface area contributed by atoms with Crippen molar-refractivity contribution < 1.29 is 22.7 Å². The van der Waals surface area contributed by atoms with Gasteiger partial charge in [0.2, 0.25) is 0 Å². The van der Waals surface area contributed by atoms with Crippen molar-refractivity contribution >= 4 is 21.6 Å². The fraction of sp³-hybridized carbons (Fsp3) is 0.273. The first-order valence-electron chi connectivity index (χ1n) is 9.92. The molecule has 170 valence electrons. The fourth-order valence-electron chi connectivity index (χ4n) is 3.08. The molecule has 1 amide bonds. The number of sulfonamides is 1. The first-order chi connectivity index (χ1) is 15.4. The summed E-state index contributed by atoms with van der Waals surface area (Å²) in [4.78, 5) is 16.4. The second kappa shape index (κ2) is 10.2. The molecule has 0 bridgehead atoms. The average molecular weight is 459 g/mol. The van der Waals surface area contributed by atoms with Gasteiger partial charge in [-0.3, -0.25) is 9.10 Å². The standard InChI is InChI=1S/C22H26N4O5S/c1-25(32(28,29)19-9-10-20(30-2)21(15-19)31-3)18-7-5-17(6-8-18)22(27)24-11-4-13-26-14-12-23-16-26/h5-10,12,14-16H,4,11,13H2,1-3H3,(H,24,27). The number of carbonyl (C=O) groups excluding carboxylic acids is 1. The molecule has 0 saturated heterocycles. The van der Waals surface area contributed by atoms with E-state index in [9.17, 15) is 13.2 Å². The van der Waals surface area contributed by atoms with Crippen LogP contribution in [0.4, 0.5) is 5.69 Å². The minimum atomic E-state index is -3.83. The number of nitrogens with one attached hydrogen (secondary N) is 1. The Bertz CT molecular complexity index is 1150. The summed E-state index contributed by atoms with van der Waals surface area (Å²) < 4.78 is 39.5. The lowest BCUT2D eigenvalue weighted by Gasteiger charge is -2.20. The zero-order valence-electron chi connectivity index (χ0n) is 18.2. The van der Waals surface area contributed by atoms with E-state index in [0.29, 0.717) is 29.3 Å². The van der Waals surface area contributed by atoms with Crippen LogP contribution < -0.4 is 19.1 Å². The predicted octanol–water partition coefficient (Wildman–Crippen LogP) is 2.55. The van der Waals surface area contributed by atoms with Gasteiger partial charge in [-0.05, 0) is 42.8 Å². The highest BCUT2D eigenvalue weighted by Gasteiger charge is 2.23. The van der Waals surface area contributed by atoms with Gasteiger partial charge in [-0.25, -0.2) is 13.4 Å². The van der Waals surface area contributed by atoms with E-state index in [2.05, 4.69) is 10.3 Å². The van der Waals surface area contributed by atoms with E-state index in [1.807, 2.05) is 10.8 Å². The normalized spacial score (nSPS) is 11.1. The molecule has 0 aliphatic rings. The van der Waals surface area contributed by atoms with Crippen LogP contribution in [0.3, 0.4) is 0 Å². The monoisotopic (exact) mass is 458 g/mol. The van der Waals surface area contributed by atoms with Gasteiger partial charge < -0.3 is 19.4 Å². The summed E-state index contributed by atoms with van der Waals surface area (Å²) in [6.45, 7) is 1.28. The van der Waals surface area contributed by atoms with Gasteiger partial charge in [0.05, 0.1) is 31.1 Å². The van der Waals surface area contributed by atoms with E-state index < -0.39 is 10.0 Å². The topological polar surface area (TPSA) is 103 Å². The van der Waals surface area contributed by atoms with E-state index in [1.165, 1.54) is 33.4 Å². The lowest BCUT2D eigenvalue weighted by atomic mass is 10.2. The van der Waals surface area contributed by atoms with Gasteiger partial charge in [-0.15, -0.1) is 0 Å². The molecule has 0 unspecified atom stereocenters. The van der Waals surface area contributed by atoms with Crippen molar-refractivity contribution in [2.24, 2.45) is 0 Å². The lowest BCUT2D eigenvalue weighted by molar-refractivity contribution is 0.0952. The molecule has 0 radical (unpaired) electrons. The number of nitrogens with zero attached hydrogens (tertiary/aromatic N) is 3. The zero-order chi connectivity index (χ0) is 23.1. The molecule has 0 aliphatic heterocycles. The van der Waals surface area contributed by atoms with Crippen LogP contribution in [0.1, 0.15) is 16.8 Å². The number of ether oxygens (including phenoxy) is 2. The molecule has 0 fully saturated rings. The number of carbonyl (C=O) groups is 1. The van der Waals surface area contributed by atoms with E-state index in [1.54, 1.807) is 42.9 Å². The summed E-state index contributed by atoms with van der Waals surface area (Å²) in [5.41, 5.74) is 0.879. The molecule has 3 rings (SSSR count). The van der Waals surface area contributed by atoms with E-state index in [0.717, 1.165) is 17.3 Å². The minimum absolute atomic E-state index is 0.0670. The average Bonchev–Trinajstić information content (AvgIpc) is 3.34. The Hall–Kier alpha value is -3.53. The van der Waals surface area contributed by atoms with Gasteiger partial charge in [0.15, 0.2) is 11.5 Å². The van der Waals surface area contributed by atoms with E-state index >= 15 is 0 Å². The van der Waals surface area contributed by atoms with Crippen LogP contribution in [-0.2, 0) is 16.6 Å². The number of benzene rings is 2. The largest absolute Gasteiger partial charge is 0.493 e. The maximum absolute atomic E-state index is 13.0. The second-order valence-corrected chi connectivity index (χ2v) is 8.92. The Kier molecular flexibility index (Phi) is 7.37. The van der Waals surface area contributed by atoms with Gasteiger partial charge in [0.25, 0.3) is 15.9 Å². The molecule has 0 spiro atoms. The van der Waals surface area contributed by atoms with Crippen LogP contribution >= 0.6 is 0 Å². The molecular formula is C22H26N4O5S. The second-order valence-electron chi connectivity index (χ2n) is 6.95. The van der Waals surface area contributed by atoms with Crippen molar-refractivity contribution in [2.45, 2.75) is 17.9 Å². The molecule has 0 aliphatic carbocycles. The molecule has 1 heterocycles. The number of hydrogen-bond acceptors (Lipinski definition) is 6. The number of aryl methyl sites for hydroxylation is 1. The number of aromatic nitrogens is 2. The highest BCUT2D eigenvalue weighted by molar-refractivity contribution is 7.92. The molecular weight excluding hydrogens is 432 g/mol. The SMILES string of the molecule is COc1ccc(S(=O)(=O)N(C)c2ccc(C(=O)NCCCn3ccnc3)cc2)cc1OC. The van der Waals surface area contributed by atoms with Crippen molar-refractivity contribution in [3.8, 4) is 11.5 Å². The van der Waals surface area contributed by atoms with Crippen LogP contribution in [0.25, 0.3) is 0 Å². The Labute approximate surface area is 187 Å². The van der Waals surface area contributed by atoms with Crippen molar-refractivity contribution in [3.05, 3.63) is 66.7 Å². The van der Waals surface area contributed by atoms with Gasteiger partial charge in [-0.2, -0.15) is 0 Å². The first kappa shape index (κ1) is 23.1.